The summed E-state index contributed by atoms with van der Waals surface area (Å²) in [5, 5.41) is 0. The third-order valence-electron chi connectivity index (χ3n) is 3.03. The van der Waals surface area contributed by atoms with Gasteiger partial charge in [-0.05, 0) is 25.5 Å². The minimum absolute atomic E-state index is 0.132. The molecule has 0 radical (unpaired) electrons. The Bertz CT molecular complexity index is 598. The maximum atomic E-state index is 12.2. The fourth-order valence-electron chi connectivity index (χ4n) is 2.01. The Morgan fingerprint density at radius 3 is 2.57 bits per heavy atom. The van der Waals surface area contributed by atoms with Crippen LogP contribution in [0.15, 0.2) is 46.9 Å². The zero-order valence-electron chi connectivity index (χ0n) is 12.0. The van der Waals surface area contributed by atoms with Crippen LogP contribution in [0.4, 0.5) is 0 Å². The van der Waals surface area contributed by atoms with Crippen LogP contribution >= 0.6 is 0 Å². The Morgan fingerprint density at radius 1 is 1.10 bits per heavy atom. The van der Waals surface area contributed by atoms with Crippen molar-refractivity contribution in [3.8, 4) is 0 Å². The summed E-state index contributed by atoms with van der Waals surface area (Å²) in [6.07, 6.45) is 1.61. The van der Waals surface area contributed by atoms with Gasteiger partial charge in [-0.2, -0.15) is 0 Å². The highest BCUT2D eigenvalue weighted by Gasteiger charge is 2.13. The van der Waals surface area contributed by atoms with Gasteiger partial charge in [-0.1, -0.05) is 30.3 Å². The molecule has 21 heavy (non-hydrogen) atoms. The lowest BCUT2D eigenvalue weighted by atomic mass is 10.1. The average Bonchev–Trinajstić information content (AvgIpc) is 2.96. The number of carbonyl (C=O) groups is 2. The molecule has 4 nitrogen and oxygen atoms in total. The van der Waals surface area contributed by atoms with Crippen LogP contribution in [0.25, 0.3) is 0 Å². The first-order valence-electron chi connectivity index (χ1n) is 7.04. The Kier molecular flexibility index (Phi) is 5.32. The van der Waals surface area contributed by atoms with Crippen molar-refractivity contribution < 1.29 is 18.7 Å². The maximum absolute atomic E-state index is 12.2. The zero-order valence-corrected chi connectivity index (χ0v) is 12.0. The van der Waals surface area contributed by atoms with Crippen LogP contribution in [0, 0.1) is 0 Å². The van der Waals surface area contributed by atoms with E-state index >= 15 is 0 Å². The summed E-state index contributed by atoms with van der Waals surface area (Å²) >= 11 is 0. The molecule has 1 aromatic carbocycles. The molecule has 4 heteroatoms. The van der Waals surface area contributed by atoms with Crippen molar-refractivity contribution in [1.29, 1.82) is 0 Å². The molecule has 0 aliphatic heterocycles. The predicted molar refractivity (Wildman–Crippen MR) is 78.2 cm³/mol. The number of ether oxygens (including phenoxy) is 1. The van der Waals surface area contributed by atoms with Gasteiger partial charge < -0.3 is 9.15 Å². The summed E-state index contributed by atoms with van der Waals surface area (Å²) in [7, 11) is 0. The summed E-state index contributed by atoms with van der Waals surface area (Å²) in [6.45, 7) is 2.18. The molecule has 0 saturated carbocycles. The Morgan fingerprint density at radius 2 is 1.86 bits per heavy atom. The summed E-state index contributed by atoms with van der Waals surface area (Å²) in [5.74, 6) is 0.697. The lowest BCUT2D eigenvalue weighted by Crippen LogP contribution is -2.03. The minimum Gasteiger partial charge on any atom is -0.466 e. The van der Waals surface area contributed by atoms with E-state index < -0.39 is 0 Å². The molecule has 0 N–H and O–H groups in total. The zero-order chi connectivity index (χ0) is 15.1. The van der Waals surface area contributed by atoms with E-state index in [-0.39, 0.29) is 11.8 Å². The number of ketones is 1. The second-order valence-corrected chi connectivity index (χ2v) is 4.62. The highest BCUT2D eigenvalue weighted by molar-refractivity contribution is 6.07. The van der Waals surface area contributed by atoms with Crippen molar-refractivity contribution in [3.63, 3.8) is 0 Å². The van der Waals surface area contributed by atoms with Gasteiger partial charge >= 0.3 is 5.97 Å². The molecule has 2 rings (SSSR count). The van der Waals surface area contributed by atoms with Crippen LogP contribution in [0.2, 0.25) is 0 Å². The Labute approximate surface area is 123 Å². The number of rotatable bonds is 7. The molecule has 0 bridgehead atoms. The van der Waals surface area contributed by atoms with E-state index in [4.69, 9.17) is 9.15 Å². The van der Waals surface area contributed by atoms with Crippen LogP contribution in [0.3, 0.4) is 0 Å². The number of hydrogen-bond acceptors (Lipinski definition) is 4. The normalized spacial score (nSPS) is 10.3. The molecule has 0 amide bonds. The van der Waals surface area contributed by atoms with Gasteiger partial charge in [-0.3, -0.25) is 9.59 Å². The second-order valence-electron chi connectivity index (χ2n) is 4.62. The first kappa shape index (κ1) is 15.0. The van der Waals surface area contributed by atoms with Gasteiger partial charge in [0.1, 0.15) is 5.76 Å². The first-order chi connectivity index (χ1) is 10.2. The van der Waals surface area contributed by atoms with Crippen molar-refractivity contribution in [1.82, 2.24) is 0 Å². The van der Waals surface area contributed by atoms with E-state index in [1.165, 1.54) is 0 Å². The van der Waals surface area contributed by atoms with Crippen LogP contribution in [0.1, 0.15) is 41.6 Å². The van der Waals surface area contributed by atoms with E-state index in [9.17, 15) is 9.59 Å². The molecule has 0 spiro atoms. The molecule has 0 unspecified atom stereocenters. The van der Waals surface area contributed by atoms with E-state index in [0.29, 0.717) is 43.0 Å². The number of furan rings is 1. The Hall–Kier alpha value is -2.36. The molecule has 1 heterocycles. The molecule has 0 aliphatic rings. The smallest absolute Gasteiger partial charge is 0.305 e. The fraction of sp³-hybridized carbons (Fsp3) is 0.294. The lowest BCUT2D eigenvalue weighted by molar-refractivity contribution is -0.143. The van der Waals surface area contributed by atoms with Crippen LogP contribution in [0.5, 0.6) is 0 Å². The minimum atomic E-state index is -0.204. The first-order valence-corrected chi connectivity index (χ1v) is 7.04. The summed E-state index contributed by atoms with van der Waals surface area (Å²) in [6, 6.07) is 12.5. The second kappa shape index (κ2) is 7.43. The van der Waals surface area contributed by atoms with E-state index in [1.807, 2.05) is 18.2 Å². The third-order valence-corrected chi connectivity index (χ3v) is 3.03. The molecule has 110 valence electrons. The fourth-order valence-corrected chi connectivity index (χ4v) is 2.01. The topological polar surface area (TPSA) is 56.5 Å². The summed E-state index contributed by atoms with van der Waals surface area (Å²) < 4.78 is 10.4. The molecular formula is C17H18O4. The number of hydrogen-bond donors (Lipinski definition) is 0. The van der Waals surface area contributed by atoms with Gasteiger partial charge in [-0.15, -0.1) is 0 Å². The number of benzene rings is 1. The third kappa shape index (κ3) is 4.31. The Balaban J connectivity index is 1.90. The highest BCUT2D eigenvalue weighted by Crippen LogP contribution is 2.15. The summed E-state index contributed by atoms with van der Waals surface area (Å²) in [4.78, 5) is 23.4. The number of carbonyl (C=O) groups excluding carboxylic acids is 2. The van der Waals surface area contributed by atoms with Gasteiger partial charge in [0.2, 0.25) is 5.78 Å². The average molecular weight is 286 g/mol. The van der Waals surface area contributed by atoms with E-state index in [1.54, 1.807) is 31.2 Å². The van der Waals surface area contributed by atoms with Crippen LogP contribution < -0.4 is 0 Å². The SMILES string of the molecule is CCOC(=O)CCCc1ccc(C(=O)c2ccccc2)o1. The standard InChI is InChI=1S/C17H18O4/c1-2-20-16(18)10-6-9-14-11-12-15(21-14)17(19)13-7-4-3-5-8-13/h3-5,7-8,11-12H,2,6,9-10H2,1H3. The summed E-state index contributed by atoms with van der Waals surface area (Å²) in [5.41, 5.74) is 0.602. The highest BCUT2D eigenvalue weighted by atomic mass is 16.5. The molecule has 2 aromatic rings. The van der Waals surface area contributed by atoms with Gasteiger partial charge in [-0.25, -0.2) is 0 Å². The maximum Gasteiger partial charge on any atom is 0.305 e. The number of esters is 1. The molecule has 0 fully saturated rings. The quantitative estimate of drug-likeness (QED) is 0.578. The van der Waals surface area contributed by atoms with Gasteiger partial charge in [0.25, 0.3) is 0 Å². The van der Waals surface area contributed by atoms with Crippen molar-refractivity contribution in [3.05, 3.63) is 59.5 Å². The van der Waals surface area contributed by atoms with Gasteiger partial charge in [0.05, 0.1) is 6.61 Å². The monoisotopic (exact) mass is 286 g/mol. The van der Waals surface area contributed by atoms with E-state index in [2.05, 4.69) is 0 Å². The van der Waals surface area contributed by atoms with Crippen LogP contribution in [-0.4, -0.2) is 18.4 Å². The molecule has 1 aromatic heterocycles. The van der Waals surface area contributed by atoms with Crippen molar-refractivity contribution in [2.45, 2.75) is 26.2 Å². The predicted octanol–water partition coefficient (Wildman–Crippen LogP) is 3.40. The van der Waals surface area contributed by atoms with Crippen molar-refractivity contribution >= 4 is 11.8 Å². The van der Waals surface area contributed by atoms with E-state index in [0.717, 1.165) is 0 Å². The molecule has 0 saturated heterocycles. The molecule has 0 atom stereocenters. The van der Waals surface area contributed by atoms with Gasteiger partial charge in [0, 0.05) is 18.4 Å². The largest absolute Gasteiger partial charge is 0.466 e. The van der Waals surface area contributed by atoms with Gasteiger partial charge in [0.15, 0.2) is 5.76 Å². The van der Waals surface area contributed by atoms with Crippen molar-refractivity contribution in [2.24, 2.45) is 0 Å². The molecular weight excluding hydrogens is 268 g/mol. The van der Waals surface area contributed by atoms with Crippen LogP contribution in [-0.2, 0) is 16.0 Å². The van der Waals surface area contributed by atoms with Crippen molar-refractivity contribution in [2.75, 3.05) is 6.61 Å². The molecule has 0 aliphatic carbocycles. The number of aryl methyl sites for hydroxylation is 1. The lowest BCUT2D eigenvalue weighted by Gasteiger charge is -2.00.